The molecule has 398 valence electrons. The predicted molar refractivity (Wildman–Crippen MR) is 256 cm³/mol. The number of amides is 9. The second-order valence-corrected chi connectivity index (χ2v) is 20.2. The van der Waals surface area contributed by atoms with Crippen LogP contribution in [0.25, 0.3) is 0 Å². The molecule has 9 amide bonds. The smallest absolute Gasteiger partial charge is 0.328 e. The van der Waals surface area contributed by atoms with Crippen molar-refractivity contribution in [1.82, 2.24) is 47.0 Å². The maximum atomic E-state index is 14.2. The van der Waals surface area contributed by atoms with Crippen LogP contribution in [0.4, 0.5) is 0 Å². The Hall–Kier alpha value is -5.42. The number of nitrogens with one attached hydrogen (secondary N) is 7. The molecule has 2 saturated heterocycles. The van der Waals surface area contributed by atoms with Crippen molar-refractivity contribution in [2.24, 2.45) is 35.3 Å². The summed E-state index contributed by atoms with van der Waals surface area (Å²) in [5.74, 6) is -8.93. The van der Waals surface area contributed by atoms with E-state index in [1.54, 1.807) is 55.4 Å². The van der Waals surface area contributed by atoms with Crippen LogP contribution < -0.4 is 43.0 Å². The summed E-state index contributed by atoms with van der Waals surface area (Å²) < 4.78 is 0. The van der Waals surface area contributed by atoms with E-state index in [9.17, 15) is 63.3 Å². The lowest BCUT2D eigenvalue weighted by atomic mass is 9.96. The van der Waals surface area contributed by atoms with Gasteiger partial charge in [0.15, 0.2) is 0 Å². The van der Waals surface area contributed by atoms with E-state index in [1.165, 1.54) is 16.7 Å². The third-order valence-electron chi connectivity index (χ3n) is 12.7. The highest BCUT2D eigenvalue weighted by Gasteiger charge is 2.42. The first kappa shape index (κ1) is 60.7. The highest BCUT2D eigenvalue weighted by atomic mass is 16.4. The number of rotatable bonds is 27. The summed E-state index contributed by atoms with van der Waals surface area (Å²) in [6.45, 7) is 17.9. The van der Waals surface area contributed by atoms with E-state index in [4.69, 9.17) is 5.73 Å². The van der Waals surface area contributed by atoms with Crippen LogP contribution in [0.5, 0.6) is 0 Å². The molecule has 11 atom stereocenters. The Bertz CT molecular complexity index is 1850. The lowest BCUT2D eigenvalue weighted by molar-refractivity contribution is -0.144. The molecular formula is C47H82N10O13. The van der Waals surface area contributed by atoms with E-state index < -0.39 is 145 Å². The van der Waals surface area contributed by atoms with Crippen molar-refractivity contribution in [1.29, 1.82) is 0 Å². The van der Waals surface area contributed by atoms with Gasteiger partial charge in [-0.25, -0.2) is 4.79 Å². The average molecular weight is 995 g/mol. The number of carboxylic acid groups (broad SMARTS) is 1. The zero-order chi connectivity index (χ0) is 53.3. The van der Waals surface area contributed by atoms with Crippen LogP contribution >= 0.6 is 0 Å². The number of nitrogens with two attached hydrogens (primary N) is 1. The molecule has 2 aliphatic rings. The first-order valence-corrected chi connectivity index (χ1v) is 24.6. The van der Waals surface area contributed by atoms with Gasteiger partial charge in [-0.1, -0.05) is 75.7 Å². The van der Waals surface area contributed by atoms with E-state index in [-0.39, 0.29) is 56.5 Å². The highest BCUT2D eigenvalue weighted by molar-refractivity contribution is 5.98. The summed E-state index contributed by atoms with van der Waals surface area (Å²) in [6.07, 6.45) is 0.653. The fourth-order valence-corrected chi connectivity index (χ4v) is 8.29. The standard InChI is InChI=1S/C47H82N10O13/c1-12-27(10)37(44(66)50-29(19-23(2)3)39(61)52-31(22-58)47(69)70)54-41(63)33-16-13-17-56(33)34(60)21-49-40(62)32-15-14-18-57(32)46(68)30(20-24(4)5)51-45(67)38(28(11)59)55-43(65)36(26(8)9)53-42(64)35(48)25(6)7/h23-33,35-38,58-59H,12-22,48H2,1-11H3,(H,49,62)(H,50,66)(H,51,67)(H,52,61)(H,53,64)(H,54,63)(H,55,65)(H,69,70)/t27-,28+,29-,30-,31-,32-,33-,35-,36-,37-,38-/m0/s1. The fraction of sp³-hybridized carbons (Fsp3) is 0.787. The van der Waals surface area contributed by atoms with Gasteiger partial charge in [0.25, 0.3) is 0 Å². The minimum atomic E-state index is -1.59. The average Bonchev–Trinajstić information content (AvgIpc) is 3.99. The van der Waals surface area contributed by atoms with Gasteiger partial charge in [-0.2, -0.15) is 0 Å². The van der Waals surface area contributed by atoms with Crippen LogP contribution in [-0.2, 0) is 47.9 Å². The molecule has 0 aromatic carbocycles. The van der Waals surface area contributed by atoms with Crippen LogP contribution in [0.15, 0.2) is 0 Å². The van der Waals surface area contributed by atoms with Crippen molar-refractivity contribution in [3.8, 4) is 0 Å². The zero-order valence-corrected chi connectivity index (χ0v) is 42.8. The Morgan fingerprint density at radius 1 is 0.586 bits per heavy atom. The Labute approximate surface area is 411 Å². The van der Waals surface area contributed by atoms with Crippen LogP contribution in [0.2, 0.25) is 0 Å². The molecule has 2 fully saturated rings. The van der Waals surface area contributed by atoms with E-state index >= 15 is 0 Å². The number of hydrogen-bond acceptors (Lipinski definition) is 13. The topological polar surface area (TPSA) is 348 Å². The summed E-state index contributed by atoms with van der Waals surface area (Å²) >= 11 is 0. The summed E-state index contributed by atoms with van der Waals surface area (Å²) in [4.78, 5) is 136. The van der Waals surface area contributed by atoms with Crippen LogP contribution in [0, 0.1) is 29.6 Å². The molecule has 0 aromatic heterocycles. The number of carboxylic acids is 1. The first-order valence-electron chi connectivity index (χ1n) is 24.6. The molecule has 23 nitrogen and oxygen atoms in total. The van der Waals surface area contributed by atoms with E-state index in [1.807, 2.05) is 13.8 Å². The van der Waals surface area contributed by atoms with E-state index in [2.05, 4.69) is 37.2 Å². The first-order chi connectivity index (χ1) is 32.7. The van der Waals surface area contributed by atoms with Gasteiger partial charge >= 0.3 is 5.97 Å². The minimum absolute atomic E-state index is 0.116. The van der Waals surface area contributed by atoms with E-state index in [0.29, 0.717) is 19.3 Å². The Balaban J connectivity index is 2.18. The fourth-order valence-electron chi connectivity index (χ4n) is 8.29. The summed E-state index contributed by atoms with van der Waals surface area (Å²) in [7, 11) is 0. The molecule has 23 heteroatoms. The number of aliphatic carboxylic acids is 1. The number of aliphatic hydroxyl groups is 2. The van der Waals surface area contributed by atoms with Gasteiger partial charge < -0.3 is 68.1 Å². The van der Waals surface area contributed by atoms with Gasteiger partial charge in [-0.3, -0.25) is 43.2 Å². The van der Waals surface area contributed by atoms with Crippen LogP contribution in [0.1, 0.15) is 121 Å². The normalized spacial score (nSPS) is 19.8. The van der Waals surface area contributed by atoms with Crippen LogP contribution in [-0.4, -0.2) is 171 Å². The van der Waals surface area contributed by atoms with Gasteiger partial charge in [-0.15, -0.1) is 0 Å². The van der Waals surface area contributed by atoms with Crippen molar-refractivity contribution in [3.63, 3.8) is 0 Å². The molecule has 12 N–H and O–H groups in total. The molecular weight excluding hydrogens is 913 g/mol. The highest BCUT2D eigenvalue weighted by Crippen LogP contribution is 2.22. The van der Waals surface area contributed by atoms with E-state index in [0.717, 1.165) is 0 Å². The molecule has 0 bridgehead atoms. The van der Waals surface area contributed by atoms with Gasteiger partial charge in [0.1, 0.15) is 48.3 Å². The lowest BCUT2D eigenvalue weighted by Crippen LogP contribution is -2.62. The second kappa shape index (κ2) is 28.4. The number of nitrogens with zero attached hydrogens (tertiary/aromatic N) is 2. The Morgan fingerprint density at radius 2 is 1.07 bits per heavy atom. The number of carbonyl (C=O) groups excluding carboxylic acids is 9. The molecule has 2 rings (SSSR count). The van der Waals surface area contributed by atoms with Crippen LogP contribution in [0.3, 0.4) is 0 Å². The number of carbonyl (C=O) groups is 10. The van der Waals surface area contributed by atoms with Gasteiger partial charge in [0.2, 0.25) is 53.2 Å². The van der Waals surface area contributed by atoms with Crippen molar-refractivity contribution in [2.45, 2.75) is 182 Å². The van der Waals surface area contributed by atoms with Crippen molar-refractivity contribution in [2.75, 3.05) is 26.2 Å². The zero-order valence-electron chi connectivity index (χ0n) is 42.8. The largest absolute Gasteiger partial charge is 0.480 e. The molecule has 2 heterocycles. The number of aliphatic hydroxyl groups excluding tert-OH is 2. The summed E-state index contributed by atoms with van der Waals surface area (Å²) in [5, 5.41) is 47.4. The van der Waals surface area contributed by atoms with Crippen molar-refractivity contribution < 1.29 is 63.3 Å². The van der Waals surface area contributed by atoms with Crippen molar-refractivity contribution in [3.05, 3.63) is 0 Å². The molecule has 0 aromatic rings. The quantitative estimate of drug-likeness (QED) is 0.0434. The summed E-state index contributed by atoms with van der Waals surface area (Å²) in [6, 6.07) is -10.6. The summed E-state index contributed by atoms with van der Waals surface area (Å²) in [5.41, 5.74) is 5.98. The monoisotopic (exact) mass is 995 g/mol. The maximum absolute atomic E-state index is 14.2. The molecule has 70 heavy (non-hydrogen) atoms. The lowest BCUT2D eigenvalue weighted by Gasteiger charge is -2.32. The molecule has 0 spiro atoms. The second-order valence-electron chi connectivity index (χ2n) is 20.2. The SMILES string of the molecule is CC[C@H](C)[C@H](NC(=O)[C@@H]1CCCN1C(=O)CNC(=O)[C@@H]1CCCN1C(=O)[C@H](CC(C)C)NC(=O)[C@@H](NC(=O)[C@@H](NC(=O)[C@@H](N)C(C)C)C(C)C)[C@@H](C)O)C(=O)N[C@@H](CC(C)C)C(=O)N[C@@H](CO)C(=O)O. The van der Waals surface area contributed by atoms with Gasteiger partial charge in [-0.05, 0) is 75.0 Å². The minimum Gasteiger partial charge on any atom is -0.480 e. The van der Waals surface area contributed by atoms with Gasteiger partial charge in [0, 0.05) is 13.1 Å². The third kappa shape index (κ3) is 17.8. The molecule has 0 radical (unpaired) electrons. The Kier molecular flexibility index (Phi) is 24.7. The maximum Gasteiger partial charge on any atom is 0.328 e. The molecule has 0 unspecified atom stereocenters. The predicted octanol–water partition coefficient (Wildman–Crippen LogP) is -1.77. The third-order valence-corrected chi connectivity index (χ3v) is 12.7. The number of hydrogen-bond donors (Lipinski definition) is 11. The number of likely N-dealkylation sites (tertiary alicyclic amines) is 2. The molecule has 2 aliphatic heterocycles. The van der Waals surface area contributed by atoms with Gasteiger partial charge in [0.05, 0.1) is 25.3 Å². The molecule has 0 saturated carbocycles. The Morgan fingerprint density at radius 3 is 1.57 bits per heavy atom. The molecule has 0 aliphatic carbocycles. The van der Waals surface area contributed by atoms with Crippen molar-refractivity contribution >= 4 is 59.1 Å².